The Bertz CT molecular complexity index is 366. The maximum absolute atomic E-state index is 12.0. The Morgan fingerprint density at radius 1 is 1.06 bits per heavy atom. The SMILES string of the molecule is CCCCC(C)(C)c1ccc(OC(F)(F)F)cc1. The zero-order valence-electron chi connectivity index (χ0n) is 11.0. The summed E-state index contributed by atoms with van der Waals surface area (Å²) in [6.07, 6.45) is -1.39. The Balaban J connectivity index is 2.76. The predicted molar refractivity (Wildman–Crippen MR) is 65.7 cm³/mol. The van der Waals surface area contributed by atoms with Gasteiger partial charge in [-0.3, -0.25) is 0 Å². The lowest BCUT2D eigenvalue weighted by Gasteiger charge is -2.25. The Morgan fingerprint density at radius 2 is 1.61 bits per heavy atom. The number of ether oxygens (including phenoxy) is 1. The van der Waals surface area contributed by atoms with Crippen LogP contribution in [0.2, 0.25) is 0 Å². The molecule has 0 heterocycles. The van der Waals surface area contributed by atoms with E-state index in [1.54, 1.807) is 12.1 Å². The van der Waals surface area contributed by atoms with Gasteiger partial charge in [-0.05, 0) is 29.5 Å². The number of alkyl halides is 3. The molecule has 0 fully saturated rings. The highest BCUT2D eigenvalue weighted by atomic mass is 19.4. The molecule has 0 amide bonds. The number of hydrogen-bond donors (Lipinski definition) is 0. The summed E-state index contributed by atoms with van der Waals surface area (Å²) in [7, 11) is 0. The van der Waals surface area contributed by atoms with Crippen molar-refractivity contribution < 1.29 is 17.9 Å². The van der Waals surface area contributed by atoms with Crippen molar-refractivity contribution >= 4 is 0 Å². The van der Waals surface area contributed by atoms with Crippen LogP contribution >= 0.6 is 0 Å². The van der Waals surface area contributed by atoms with Gasteiger partial charge in [-0.15, -0.1) is 13.2 Å². The molecule has 0 N–H and O–H groups in total. The van der Waals surface area contributed by atoms with E-state index in [0.29, 0.717) is 0 Å². The zero-order valence-corrected chi connectivity index (χ0v) is 11.0. The van der Waals surface area contributed by atoms with E-state index < -0.39 is 6.36 Å². The van der Waals surface area contributed by atoms with E-state index >= 15 is 0 Å². The lowest BCUT2D eigenvalue weighted by molar-refractivity contribution is -0.274. The van der Waals surface area contributed by atoms with Gasteiger partial charge in [0, 0.05) is 0 Å². The Labute approximate surface area is 106 Å². The van der Waals surface area contributed by atoms with Gasteiger partial charge in [0.15, 0.2) is 0 Å². The van der Waals surface area contributed by atoms with Crippen molar-refractivity contribution in [1.82, 2.24) is 0 Å². The van der Waals surface area contributed by atoms with Gasteiger partial charge in [0.25, 0.3) is 0 Å². The second kappa shape index (κ2) is 5.63. The van der Waals surface area contributed by atoms with E-state index in [1.807, 2.05) is 0 Å². The molecule has 0 aliphatic carbocycles. The lowest BCUT2D eigenvalue weighted by atomic mass is 9.80. The summed E-state index contributed by atoms with van der Waals surface area (Å²) < 4.78 is 39.9. The molecule has 1 aromatic rings. The van der Waals surface area contributed by atoms with Crippen molar-refractivity contribution in [2.24, 2.45) is 0 Å². The van der Waals surface area contributed by atoms with Crippen molar-refractivity contribution in [2.45, 2.75) is 51.8 Å². The van der Waals surface area contributed by atoms with E-state index in [4.69, 9.17) is 0 Å². The highest BCUT2D eigenvalue weighted by Crippen LogP contribution is 2.31. The first-order valence-electron chi connectivity index (χ1n) is 6.11. The third-order valence-electron chi connectivity index (χ3n) is 3.02. The van der Waals surface area contributed by atoms with Crippen LogP contribution in [-0.4, -0.2) is 6.36 Å². The fourth-order valence-electron chi connectivity index (χ4n) is 1.87. The predicted octanol–water partition coefficient (Wildman–Crippen LogP) is 5.05. The summed E-state index contributed by atoms with van der Waals surface area (Å²) in [6.45, 7) is 6.32. The molecule has 4 heteroatoms. The van der Waals surface area contributed by atoms with Crippen molar-refractivity contribution in [2.75, 3.05) is 0 Å². The van der Waals surface area contributed by atoms with Crippen molar-refractivity contribution in [3.05, 3.63) is 29.8 Å². The second-order valence-corrected chi connectivity index (χ2v) is 5.06. The smallest absolute Gasteiger partial charge is 0.406 e. The standard InChI is InChI=1S/C14H19F3O/c1-4-5-10-13(2,3)11-6-8-12(9-7-11)18-14(15,16)17/h6-9H,4-5,10H2,1-3H3. The van der Waals surface area contributed by atoms with Crippen LogP contribution in [0.1, 0.15) is 45.6 Å². The Kier molecular flexibility index (Phi) is 4.65. The third-order valence-corrected chi connectivity index (χ3v) is 3.02. The largest absolute Gasteiger partial charge is 0.573 e. The molecule has 0 aliphatic rings. The van der Waals surface area contributed by atoms with Crippen LogP contribution < -0.4 is 4.74 Å². The lowest BCUT2D eigenvalue weighted by Crippen LogP contribution is -2.18. The summed E-state index contributed by atoms with van der Waals surface area (Å²) in [5.74, 6) is -0.169. The van der Waals surface area contributed by atoms with Crippen LogP contribution in [0, 0.1) is 0 Å². The molecular weight excluding hydrogens is 241 g/mol. The van der Waals surface area contributed by atoms with Gasteiger partial charge in [0.05, 0.1) is 0 Å². The van der Waals surface area contributed by atoms with Crippen LogP contribution in [-0.2, 0) is 5.41 Å². The van der Waals surface area contributed by atoms with E-state index in [0.717, 1.165) is 24.8 Å². The normalized spacial score (nSPS) is 12.6. The van der Waals surface area contributed by atoms with Crippen LogP contribution in [0.3, 0.4) is 0 Å². The average molecular weight is 260 g/mol. The van der Waals surface area contributed by atoms with Crippen LogP contribution in [0.4, 0.5) is 13.2 Å². The number of hydrogen-bond acceptors (Lipinski definition) is 1. The summed E-state index contributed by atoms with van der Waals surface area (Å²) >= 11 is 0. The number of halogens is 3. The van der Waals surface area contributed by atoms with Gasteiger partial charge in [0.1, 0.15) is 5.75 Å². The zero-order chi connectivity index (χ0) is 13.8. The van der Waals surface area contributed by atoms with Gasteiger partial charge in [-0.25, -0.2) is 0 Å². The van der Waals surface area contributed by atoms with E-state index in [-0.39, 0.29) is 11.2 Å². The van der Waals surface area contributed by atoms with Gasteiger partial charge in [-0.2, -0.15) is 0 Å². The third kappa shape index (κ3) is 4.59. The van der Waals surface area contributed by atoms with E-state index in [1.165, 1.54) is 12.1 Å². The molecule has 0 unspecified atom stereocenters. The molecule has 0 saturated carbocycles. The molecule has 102 valence electrons. The van der Waals surface area contributed by atoms with E-state index in [9.17, 15) is 13.2 Å². The topological polar surface area (TPSA) is 9.23 Å². The molecule has 0 saturated heterocycles. The van der Waals surface area contributed by atoms with Crippen molar-refractivity contribution in [3.8, 4) is 5.75 Å². The first kappa shape index (κ1) is 14.9. The quantitative estimate of drug-likeness (QED) is 0.719. The summed E-state index contributed by atoms with van der Waals surface area (Å²) in [4.78, 5) is 0. The average Bonchev–Trinajstić information content (AvgIpc) is 2.25. The van der Waals surface area contributed by atoms with Gasteiger partial charge >= 0.3 is 6.36 Å². The molecule has 0 spiro atoms. The van der Waals surface area contributed by atoms with Crippen molar-refractivity contribution in [1.29, 1.82) is 0 Å². The molecule has 0 atom stereocenters. The Hall–Kier alpha value is -1.19. The monoisotopic (exact) mass is 260 g/mol. The van der Waals surface area contributed by atoms with Crippen LogP contribution in [0.25, 0.3) is 0 Å². The first-order chi connectivity index (χ1) is 8.24. The molecule has 1 aromatic carbocycles. The minimum absolute atomic E-state index is 0.0211. The maximum Gasteiger partial charge on any atom is 0.573 e. The molecule has 1 rings (SSSR count). The first-order valence-corrected chi connectivity index (χ1v) is 6.11. The molecule has 0 aromatic heterocycles. The van der Waals surface area contributed by atoms with Gasteiger partial charge in [0.2, 0.25) is 0 Å². The molecule has 18 heavy (non-hydrogen) atoms. The van der Waals surface area contributed by atoms with Crippen LogP contribution in [0.15, 0.2) is 24.3 Å². The molecule has 0 aliphatic heterocycles. The van der Waals surface area contributed by atoms with Crippen LogP contribution in [0.5, 0.6) is 5.75 Å². The van der Waals surface area contributed by atoms with Crippen molar-refractivity contribution in [3.63, 3.8) is 0 Å². The minimum atomic E-state index is -4.63. The second-order valence-electron chi connectivity index (χ2n) is 5.06. The van der Waals surface area contributed by atoms with Gasteiger partial charge in [-0.1, -0.05) is 45.7 Å². The molecule has 0 bridgehead atoms. The highest BCUT2D eigenvalue weighted by Gasteiger charge is 2.31. The fraction of sp³-hybridized carbons (Fsp3) is 0.571. The fourth-order valence-corrected chi connectivity index (χ4v) is 1.87. The molecule has 1 nitrogen and oxygen atoms in total. The minimum Gasteiger partial charge on any atom is -0.406 e. The summed E-state index contributed by atoms with van der Waals surface area (Å²) in [5.41, 5.74) is 1.01. The molecule has 0 radical (unpaired) electrons. The highest BCUT2D eigenvalue weighted by molar-refractivity contribution is 5.31. The Morgan fingerprint density at radius 3 is 2.06 bits per heavy atom. The molecular formula is C14H19F3O. The van der Waals surface area contributed by atoms with Gasteiger partial charge < -0.3 is 4.74 Å². The summed E-state index contributed by atoms with van der Waals surface area (Å²) in [5, 5.41) is 0. The maximum atomic E-state index is 12.0. The van der Waals surface area contributed by atoms with E-state index in [2.05, 4.69) is 25.5 Å². The number of unbranched alkanes of at least 4 members (excludes halogenated alkanes) is 1. The number of benzene rings is 1. The summed E-state index contributed by atoms with van der Waals surface area (Å²) in [6, 6.07) is 6.15. The number of rotatable bonds is 5.